The van der Waals surface area contributed by atoms with Gasteiger partial charge in [-0.15, -0.1) is 11.3 Å². The molecule has 114 valence electrons. The van der Waals surface area contributed by atoms with Crippen molar-refractivity contribution in [3.05, 3.63) is 39.7 Å². The van der Waals surface area contributed by atoms with Gasteiger partial charge in [0.05, 0.1) is 0 Å². The van der Waals surface area contributed by atoms with Crippen LogP contribution >= 0.6 is 11.3 Å². The molecule has 1 saturated heterocycles. The third-order valence-corrected chi connectivity index (χ3v) is 4.58. The minimum absolute atomic E-state index is 0.152. The maximum Gasteiger partial charge on any atom is 0.345 e. The Kier molecular flexibility index (Phi) is 4.46. The first-order valence-corrected chi connectivity index (χ1v) is 7.44. The number of carboxylic acid groups (broad SMARTS) is 1. The number of allylic oxidation sites excluding steroid dienone is 1. The summed E-state index contributed by atoms with van der Waals surface area (Å²) in [7, 11) is 0. The molecule has 0 amide bonds. The fourth-order valence-corrected chi connectivity index (χ4v) is 3.03. The first kappa shape index (κ1) is 15.7. The summed E-state index contributed by atoms with van der Waals surface area (Å²) >= 11 is 1.22. The van der Waals surface area contributed by atoms with Crippen LogP contribution in [0.5, 0.6) is 0 Å². The van der Waals surface area contributed by atoms with Gasteiger partial charge in [-0.3, -0.25) is 0 Å². The number of likely N-dealkylation sites (tertiary alicyclic amines) is 1. The third-order valence-electron chi connectivity index (χ3n) is 3.52. The number of rotatable bonds is 4. The molecule has 0 unspecified atom stereocenters. The zero-order chi connectivity index (χ0) is 15.6. The van der Waals surface area contributed by atoms with Crippen molar-refractivity contribution in [3.8, 4) is 0 Å². The van der Waals surface area contributed by atoms with Crippen LogP contribution in [0.4, 0.5) is 8.78 Å². The minimum atomic E-state index is -2.57. The predicted octanol–water partition coefficient (Wildman–Crippen LogP) is 4.01. The van der Waals surface area contributed by atoms with Crippen LogP contribution in [0.2, 0.25) is 0 Å². The van der Waals surface area contributed by atoms with Crippen LogP contribution in [0.3, 0.4) is 0 Å². The smallest absolute Gasteiger partial charge is 0.345 e. The molecule has 2 rings (SSSR count). The van der Waals surface area contributed by atoms with Crippen LogP contribution in [-0.2, 0) is 0 Å². The highest BCUT2D eigenvalue weighted by atomic mass is 32.1. The molecular formula is C15H17F2NO2S. The largest absolute Gasteiger partial charge is 0.477 e. The van der Waals surface area contributed by atoms with E-state index in [0.717, 1.165) is 10.4 Å². The fraction of sp³-hybridized carbons (Fsp3) is 0.400. The lowest BCUT2D eigenvalue weighted by atomic mass is 10.1. The zero-order valence-corrected chi connectivity index (χ0v) is 12.6. The van der Waals surface area contributed by atoms with Crippen molar-refractivity contribution in [1.82, 2.24) is 4.90 Å². The van der Waals surface area contributed by atoms with Crippen LogP contribution < -0.4 is 0 Å². The Morgan fingerprint density at radius 1 is 1.48 bits per heavy atom. The quantitative estimate of drug-likeness (QED) is 0.854. The summed E-state index contributed by atoms with van der Waals surface area (Å²) in [5, 5.41) is 8.94. The number of carboxylic acids is 1. The molecule has 1 aromatic rings. The van der Waals surface area contributed by atoms with Gasteiger partial charge in [0.15, 0.2) is 0 Å². The number of thiophene rings is 1. The molecule has 1 N–H and O–H groups in total. The Bertz CT molecular complexity index is 582. The Labute approximate surface area is 126 Å². The van der Waals surface area contributed by atoms with E-state index >= 15 is 0 Å². The van der Waals surface area contributed by atoms with Gasteiger partial charge in [0.25, 0.3) is 5.92 Å². The van der Waals surface area contributed by atoms with Crippen molar-refractivity contribution in [2.24, 2.45) is 0 Å². The maximum atomic E-state index is 13.1. The number of aromatic carboxylic acids is 1. The van der Waals surface area contributed by atoms with E-state index < -0.39 is 11.9 Å². The van der Waals surface area contributed by atoms with E-state index in [1.807, 2.05) is 11.8 Å². The SMILES string of the molecule is C=C(/C=C\c1cc(C(=O)O)sc1C)N1CCC(F)(F)CC1. The van der Waals surface area contributed by atoms with E-state index in [1.54, 1.807) is 18.2 Å². The van der Waals surface area contributed by atoms with Crippen LogP contribution in [0, 0.1) is 6.92 Å². The molecule has 1 fully saturated rings. The Balaban J connectivity index is 2.01. The molecule has 0 aliphatic carbocycles. The summed E-state index contributed by atoms with van der Waals surface area (Å²) in [5.74, 6) is -3.51. The second kappa shape index (κ2) is 5.97. The van der Waals surface area contributed by atoms with Crippen molar-refractivity contribution < 1.29 is 18.7 Å². The lowest BCUT2D eigenvalue weighted by Crippen LogP contribution is -2.38. The normalized spacial score (nSPS) is 18.1. The van der Waals surface area contributed by atoms with Gasteiger partial charge in [-0.25, -0.2) is 13.6 Å². The van der Waals surface area contributed by atoms with Gasteiger partial charge in [0.2, 0.25) is 0 Å². The molecule has 0 radical (unpaired) electrons. The minimum Gasteiger partial charge on any atom is -0.477 e. The first-order chi connectivity index (χ1) is 9.78. The molecule has 0 saturated carbocycles. The van der Waals surface area contributed by atoms with E-state index in [4.69, 9.17) is 5.11 Å². The van der Waals surface area contributed by atoms with Crippen molar-refractivity contribution >= 4 is 23.4 Å². The molecular weight excluding hydrogens is 296 g/mol. The van der Waals surface area contributed by atoms with Gasteiger partial charge >= 0.3 is 5.97 Å². The van der Waals surface area contributed by atoms with Gasteiger partial charge in [0, 0.05) is 36.5 Å². The molecule has 0 aromatic carbocycles. The second-order valence-corrected chi connectivity index (χ2v) is 6.35. The highest BCUT2D eigenvalue weighted by Gasteiger charge is 2.33. The topological polar surface area (TPSA) is 40.5 Å². The average Bonchev–Trinajstić information content (AvgIpc) is 2.77. The van der Waals surface area contributed by atoms with Crippen molar-refractivity contribution in [2.75, 3.05) is 13.1 Å². The van der Waals surface area contributed by atoms with Crippen LogP contribution in [-0.4, -0.2) is 35.0 Å². The summed E-state index contributed by atoms with van der Waals surface area (Å²) in [6.07, 6.45) is 3.23. The van der Waals surface area contributed by atoms with E-state index in [0.29, 0.717) is 18.8 Å². The maximum absolute atomic E-state index is 13.1. The van der Waals surface area contributed by atoms with E-state index in [1.165, 1.54) is 11.3 Å². The zero-order valence-electron chi connectivity index (χ0n) is 11.7. The molecule has 1 aliphatic rings. The summed E-state index contributed by atoms with van der Waals surface area (Å²) in [6, 6.07) is 1.61. The van der Waals surface area contributed by atoms with Crippen LogP contribution in [0.1, 0.15) is 33.0 Å². The van der Waals surface area contributed by atoms with Crippen molar-refractivity contribution in [3.63, 3.8) is 0 Å². The van der Waals surface area contributed by atoms with Crippen LogP contribution in [0.25, 0.3) is 6.08 Å². The number of piperidine rings is 1. The molecule has 0 bridgehead atoms. The highest BCUT2D eigenvalue weighted by molar-refractivity contribution is 7.14. The van der Waals surface area contributed by atoms with Gasteiger partial charge in [-0.05, 0) is 24.6 Å². The van der Waals surface area contributed by atoms with E-state index in [-0.39, 0.29) is 17.7 Å². The monoisotopic (exact) mass is 313 g/mol. The Morgan fingerprint density at radius 2 is 2.10 bits per heavy atom. The molecule has 1 aliphatic heterocycles. The van der Waals surface area contributed by atoms with Crippen molar-refractivity contribution in [1.29, 1.82) is 0 Å². The number of carbonyl (C=O) groups is 1. The second-order valence-electron chi connectivity index (χ2n) is 5.10. The number of hydrogen-bond acceptors (Lipinski definition) is 3. The number of hydrogen-bond donors (Lipinski definition) is 1. The third kappa shape index (κ3) is 3.91. The molecule has 6 heteroatoms. The predicted molar refractivity (Wildman–Crippen MR) is 79.9 cm³/mol. The van der Waals surface area contributed by atoms with Gasteiger partial charge in [-0.1, -0.05) is 12.7 Å². The van der Waals surface area contributed by atoms with Gasteiger partial charge < -0.3 is 10.0 Å². The fourth-order valence-electron chi connectivity index (χ4n) is 2.18. The van der Waals surface area contributed by atoms with Crippen molar-refractivity contribution in [2.45, 2.75) is 25.7 Å². The highest BCUT2D eigenvalue weighted by Crippen LogP contribution is 2.29. The molecule has 2 heterocycles. The summed E-state index contributed by atoms with van der Waals surface area (Å²) in [5.41, 5.74) is 1.49. The van der Waals surface area contributed by atoms with E-state index in [9.17, 15) is 13.6 Å². The first-order valence-electron chi connectivity index (χ1n) is 6.62. The molecule has 0 atom stereocenters. The molecule has 0 spiro atoms. The molecule has 3 nitrogen and oxygen atoms in total. The summed E-state index contributed by atoms with van der Waals surface area (Å²) in [6.45, 7) is 6.32. The molecule has 21 heavy (non-hydrogen) atoms. The van der Waals surface area contributed by atoms with Crippen LogP contribution in [0.15, 0.2) is 24.4 Å². The summed E-state index contributed by atoms with van der Waals surface area (Å²) < 4.78 is 26.2. The average molecular weight is 313 g/mol. The number of nitrogens with zero attached hydrogens (tertiary/aromatic N) is 1. The standard InChI is InChI=1S/C15H17F2NO2S/c1-10(18-7-5-15(16,17)6-8-18)3-4-12-9-13(14(19)20)21-11(12)2/h3-4,9H,1,5-8H2,2H3,(H,19,20)/b4-3-. The Hall–Kier alpha value is -1.69. The lowest BCUT2D eigenvalue weighted by molar-refractivity contribution is -0.0482. The molecule has 1 aromatic heterocycles. The number of aryl methyl sites for hydroxylation is 1. The summed E-state index contributed by atoms with van der Waals surface area (Å²) in [4.78, 5) is 13.9. The van der Waals surface area contributed by atoms with E-state index in [2.05, 4.69) is 6.58 Å². The van der Waals surface area contributed by atoms with Gasteiger partial charge in [0.1, 0.15) is 4.88 Å². The number of halogens is 2. The Morgan fingerprint density at radius 3 is 2.62 bits per heavy atom. The van der Waals surface area contributed by atoms with Gasteiger partial charge in [-0.2, -0.15) is 0 Å². The lowest BCUT2D eigenvalue weighted by Gasteiger charge is -2.33. The number of alkyl halides is 2.